The first-order valence-corrected chi connectivity index (χ1v) is 8.41. The average Bonchev–Trinajstić information content (AvgIpc) is 2.48. The maximum Gasteiger partial charge on any atom is 0.244 e. The van der Waals surface area contributed by atoms with Crippen LogP contribution in [0.3, 0.4) is 0 Å². The average molecular weight is 325 g/mol. The lowest BCUT2D eigenvalue weighted by molar-refractivity contribution is 0.466. The second-order valence-electron chi connectivity index (χ2n) is 4.75. The van der Waals surface area contributed by atoms with Gasteiger partial charge in [-0.15, -0.1) is 0 Å². The molecular formula is C15H17ClN2O2S. The summed E-state index contributed by atoms with van der Waals surface area (Å²) in [5.74, 6) is 0. The molecule has 0 bridgehead atoms. The van der Waals surface area contributed by atoms with Crippen molar-refractivity contribution in [1.29, 1.82) is 0 Å². The van der Waals surface area contributed by atoms with Crippen LogP contribution in [0, 0.1) is 0 Å². The molecule has 112 valence electrons. The van der Waals surface area contributed by atoms with Crippen molar-refractivity contribution >= 4 is 21.6 Å². The van der Waals surface area contributed by atoms with Crippen molar-refractivity contribution in [2.24, 2.45) is 0 Å². The maximum atomic E-state index is 12.4. The number of halogens is 1. The zero-order chi connectivity index (χ0) is 15.5. The first kappa shape index (κ1) is 15.9. The molecule has 1 aromatic heterocycles. The third-order valence-electron chi connectivity index (χ3n) is 3.24. The van der Waals surface area contributed by atoms with Gasteiger partial charge >= 0.3 is 0 Å². The molecule has 0 saturated carbocycles. The standard InChI is InChI=1S/C15H17ClN2O2S/c1-3-12-4-6-13(7-5-12)11-18(2)21(19,20)14-8-9-15(16)17-10-14/h4-10H,3,11H2,1-2H3. The number of rotatable bonds is 5. The second kappa shape index (κ2) is 6.56. The molecule has 0 saturated heterocycles. The van der Waals surface area contributed by atoms with Crippen molar-refractivity contribution in [3.8, 4) is 0 Å². The fourth-order valence-electron chi connectivity index (χ4n) is 1.92. The van der Waals surface area contributed by atoms with Crippen LogP contribution < -0.4 is 0 Å². The van der Waals surface area contributed by atoms with Gasteiger partial charge in [0.15, 0.2) is 0 Å². The molecule has 21 heavy (non-hydrogen) atoms. The first-order chi connectivity index (χ1) is 9.93. The van der Waals surface area contributed by atoms with Gasteiger partial charge in [0, 0.05) is 19.8 Å². The summed E-state index contributed by atoms with van der Waals surface area (Å²) >= 11 is 5.68. The molecule has 0 fully saturated rings. The smallest absolute Gasteiger partial charge is 0.243 e. The molecule has 2 rings (SSSR count). The van der Waals surface area contributed by atoms with Gasteiger partial charge in [0.25, 0.3) is 0 Å². The summed E-state index contributed by atoms with van der Waals surface area (Å²) < 4.78 is 26.1. The van der Waals surface area contributed by atoms with Gasteiger partial charge in [0.2, 0.25) is 10.0 Å². The van der Waals surface area contributed by atoms with E-state index in [9.17, 15) is 8.42 Å². The Bertz CT molecular complexity index is 697. The van der Waals surface area contributed by atoms with Crippen LogP contribution in [-0.2, 0) is 23.0 Å². The van der Waals surface area contributed by atoms with E-state index in [4.69, 9.17) is 11.6 Å². The molecule has 1 aromatic carbocycles. The van der Waals surface area contributed by atoms with Gasteiger partial charge in [-0.05, 0) is 29.7 Å². The van der Waals surface area contributed by atoms with Crippen LogP contribution in [0.2, 0.25) is 5.15 Å². The molecule has 0 aliphatic heterocycles. The van der Waals surface area contributed by atoms with E-state index in [2.05, 4.69) is 11.9 Å². The number of benzene rings is 1. The molecule has 0 unspecified atom stereocenters. The number of hydrogen-bond acceptors (Lipinski definition) is 3. The Hall–Kier alpha value is -1.43. The third-order valence-corrected chi connectivity index (χ3v) is 5.26. The highest BCUT2D eigenvalue weighted by Crippen LogP contribution is 2.17. The fourth-order valence-corrected chi connectivity index (χ4v) is 3.13. The fraction of sp³-hybridized carbons (Fsp3) is 0.267. The van der Waals surface area contributed by atoms with Crippen LogP contribution in [0.1, 0.15) is 18.1 Å². The summed E-state index contributed by atoms with van der Waals surface area (Å²) in [7, 11) is -2.00. The van der Waals surface area contributed by atoms with Crippen LogP contribution in [0.15, 0.2) is 47.5 Å². The van der Waals surface area contributed by atoms with E-state index in [-0.39, 0.29) is 10.0 Å². The molecule has 0 spiro atoms. The molecule has 0 N–H and O–H groups in total. The number of aryl methyl sites for hydroxylation is 1. The maximum absolute atomic E-state index is 12.4. The van der Waals surface area contributed by atoms with Crippen LogP contribution in [0.25, 0.3) is 0 Å². The quantitative estimate of drug-likeness (QED) is 0.794. The van der Waals surface area contributed by atoms with Gasteiger partial charge in [-0.3, -0.25) is 0 Å². The number of sulfonamides is 1. The predicted octanol–water partition coefficient (Wildman–Crippen LogP) is 3.12. The summed E-state index contributed by atoms with van der Waals surface area (Å²) in [4.78, 5) is 3.96. The van der Waals surface area contributed by atoms with Gasteiger partial charge in [0.05, 0.1) is 0 Å². The van der Waals surface area contributed by atoms with Gasteiger partial charge < -0.3 is 0 Å². The molecule has 0 aliphatic rings. The van der Waals surface area contributed by atoms with Crippen LogP contribution in [0.4, 0.5) is 0 Å². The SMILES string of the molecule is CCc1ccc(CN(C)S(=O)(=O)c2ccc(Cl)nc2)cc1. The van der Waals surface area contributed by atoms with Gasteiger partial charge in [-0.2, -0.15) is 4.31 Å². The van der Waals surface area contributed by atoms with Crippen molar-refractivity contribution in [2.45, 2.75) is 24.8 Å². The lowest BCUT2D eigenvalue weighted by Gasteiger charge is -2.17. The van der Waals surface area contributed by atoms with E-state index in [0.717, 1.165) is 12.0 Å². The Labute approximate surface area is 130 Å². The second-order valence-corrected chi connectivity index (χ2v) is 7.18. The van der Waals surface area contributed by atoms with E-state index >= 15 is 0 Å². The lowest BCUT2D eigenvalue weighted by Crippen LogP contribution is -2.26. The molecule has 0 aliphatic carbocycles. The molecular weight excluding hydrogens is 308 g/mol. The first-order valence-electron chi connectivity index (χ1n) is 6.59. The predicted molar refractivity (Wildman–Crippen MR) is 83.7 cm³/mol. The Kier molecular flexibility index (Phi) is 4.98. The number of hydrogen-bond donors (Lipinski definition) is 0. The number of aromatic nitrogens is 1. The lowest BCUT2D eigenvalue weighted by atomic mass is 10.1. The Morgan fingerprint density at radius 1 is 1.10 bits per heavy atom. The van der Waals surface area contributed by atoms with E-state index < -0.39 is 10.0 Å². The highest BCUT2D eigenvalue weighted by Gasteiger charge is 2.21. The highest BCUT2D eigenvalue weighted by molar-refractivity contribution is 7.89. The topological polar surface area (TPSA) is 50.3 Å². The normalized spacial score (nSPS) is 11.8. The summed E-state index contributed by atoms with van der Waals surface area (Å²) in [6.45, 7) is 2.40. The summed E-state index contributed by atoms with van der Waals surface area (Å²) in [6, 6.07) is 10.9. The Balaban J connectivity index is 2.17. The zero-order valence-corrected chi connectivity index (χ0v) is 13.5. The minimum absolute atomic E-state index is 0.138. The minimum Gasteiger partial charge on any atom is -0.243 e. The van der Waals surface area contributed by atoms with Gasteiger partial charge in [-0.25, -0.2) is 13.4 Å². The molecule has 0 atom stereocenters. The summed E-state index contributed by atoms with van der Waals surface area (Å²) in [5.41, 5.74) is 2.17. The number of nitrogens with zero attached hydrogens (tertiary/aromatic N) is 2. The molecule has 1 heterocycles. The number of pyridine rings is 1. The van der Waals surface area contributed by atoms with Crippen molar-refractivity contribution in [3.63, 3.8) is 0 Å². The monoisotopic (exact) mass is 324 g/mol. The van der Waals surface area contributed by atoms with Gasteiger partial charge in [-0.1, -0.05) is 42.8 Å². The largest absolute Gasteiger partial charge is 0.244 e. The van der Waals surface area contributed by atoms with E-state index in [1.54, 1.807) is 7.05 Å². The van der Waals surface area contributed by atoms with Crippen molar-refractivity contribution in [2.75, 3.05) is 7.05 Å². The minimum atomic E-state index is -3.56. The third kappa shape index (κ3) is 3.81. The van der Waals surface area contributed by atoms with Crippen LogP contribution in [-0.4, -0.2) is 24.8 Å². The molecule has 0 radical (unpaired) electrons. The zero-order valence-electron chi connectivity index (χ0n) is 12.0. The van der Waals surface area contributed by atoms with Crippen LogP contribution in [0.5, 0.6) is 0 Å². The van der Waals surface area contributed by atoms with Crippen molar-refractivity contribution in [1.82, 2.24) is 9.29 Å². The molecule has 0 amide bonds. The highest BCUT2D eigenvalue weighted by atomic mass is 35.5. The van der Waals surface area contributed by atoms with Crippen molar-refractivity contribution in [3.05, 3.63) is 58.9 Å². The summed E-state index contributed by atoms with van der Waals surface area (Å²) in [6.07, 6.45) is 2.24. The molecule has 6 heteroatoms. The Morgan fingerprint density at radius 2 is 1.71 bits per heavy atom. The van der Waals surface area contributed by atoms with E-state index in [1.807, 2.05) is 24.3 Å². The van der Waals surface area contributed by atoms with E-state index in [1.165, 1.54) is 28.2 Å². The van der Waals surface area contributed by atoms with E-state index in [0.29, 0.717) is 6.54 Å². The molecule has 2 aromatic rings. The summed E-state index contributed by atoms with van der Waals surface area (Å²) in [5, 5.41) is 0.270. The van der Waals surface area contributed by atoms with Gasteiger partial charge in [0.1, 0.15) is 10.0 Å². The Morgan fingerprint density at radius 3 is 2.24 bits per heavy atom. The molecule has 4 nitrogen and oxygen atoms in total. The van der Waals surface area contributed by atoms with Crippen molar-refractivity contribution < 1.29 is 8.42 Å². The van der Waals surface area contributed by atoms with Crippen LogP contribution >= 0.6 is 11.6 Å².